The first-order valence-corrected chi connectivity index (χ1v) is 6.22. The molecule has 0 aromatic heterocycles. The number of nitro benzene ring substituents is 1. The standard InChI is InChI=1S/C13H16F2N2O3/c1-4-7(2)8(3)16-13(18)9-5-11(15)12(17(19)20)6-10(9)14/h5-8H,4H2,1-3H3,(H,16,18). The Morgan fingerprint density at radius 1 is 1.35 bits per heavy atom. The monoisotopic (exact) mass is 286 g/mol. The number of carbonyl (C=O) groups excluding carboxylic acids is 1. The fourth-order valence-electron chi connectivity index (χ4n) is 1.63. The smallest absolute Gasteiger partial charge is 0.307 e. The Morgan fingerprint density at radius 3 is 2.45 bits per heavy atom. The van der Waals surface area contributed by atoms with Crippen LogP contribution in [0.1, 0.15) is 37.6 Å². The summed E-state index contributed by atoms with van der Waals surface area (Å²) in [5.74, 6) is -2.97. The second-order valence-corrected chi connectivity index (χ2v) is 4.69. The summed E-state index contributed by atoms with van der Waals surface area (Å²) in [5.41, 5.74) is -1.53. The van der Waals surface area contributed by atoms with Gasteiger partial charge >= 0.3 is 5.69 Å². The summed E-state index contributed by atoms with van der Waals surface area (Å²) >= 11 is 0. The van der Waals surface area contributed by atoms with E-state index in [9.17, 15) is 23.7 Å². The Labute approximate surface area is 115 Å². The molecule has 2 atom stereocenters. The molecule has 0 aliphatic carbocycles. The van der Waals surface area contributed by atoms with Gasteiger partial charge in [-0.25, -0.2) is 4.39 Å². The minimum absolute atomic E-state index is 0.171. The van der Waals surface area contributed by atoms with E-state index in [1.54, 1.807) is 6.92 Å². The molecule has 1 N–H and O–H groups in total. The third kappa shape index (κ3) is 3.49. The van der Waals surface area contributed by atoms with Gasteiger partial charge in [-0.15, -0.1) is 0 Å². The number of halogens is 2. The number of nitrogens with zero attached hydrogens (tertiary/aromatic N) is 1. The molecule has 7 heteroatoms. The predicted molar refractivity (Wildman–Crippen MR) is 69.4 cm³/mol. The molecule has 0 aliphatic rings. The van der Waals surface area contributed by atoms with Crippen molar-refractivity contribution in [2.24, 2.45) is 5.92 Å². The molecular formula is C13H16F2N2O3. The highest BCUT2D eigenvalue weighted by molar-refractivity contribution is 5.94. The Hall–Kier alpha value is -2.05. The van der Waals surface area contributed by atoms with Crippen LogP contribution in [0.4, 0.5) is 14.5 Å². The van der Waals surface area contributed by atoms with E-state index in [-0.39, 0.29) is 12.0 Å². The zero-order chi connectivity index (χ0) is 15.4. The molecule has 110 valence electrons. The Bertz CT molecular complexity index is 535. The second-order valence-electron chi connectivity index (χ2n) is 4.69. The quantitative estimate of drug-likeness (QED) is 0.668. The van der Waals surface area contributed by atoms with Gasteiger partial charge in [-0.1, -0.05) is 20.3 Å². The first-order valence-electron chi connectivity index (χ1n) is 6.22. The number of nitro groups is 1. The highest BCUT2D eigenvalue weighted by Crippen LogP contribution is 2.21. The van der Waals surface area contributed by atoms with Crippen LogP contribution in [-0.4, -0.2) is 16.9 Å². The zero-order valence-electron chi connectivity index (χ0n) is 11.4. The normalized spacial score (nSPS) is 13.7. The van der Waals surface area contributed by atoms with Crippen LogP contribution >= 0.6 is 0 Å². The van der Waals surface area contributed by atoms with Crippen molar-refractivity contribution in [3.05, 3.63) is 39.4 Å². The number of hydrogen-bond donors (Lipinski definition) is 1. The van der Waals surface area contributed by atoms with Crippen molar-refractivity contribution < 1.29 is 18.5 Å². The molecule has 0 fully saturated rings. The highest BCUT2D eigenvalue weighted by Gasteiger charge is 2.23. The fourth-order valence-corrected chi connectivity index (χ4v) is 1.63. The summed E-state index contributed by atoms with van der Waals surface area (Å²) in [6, 6.07) is 0.745. The van der Waals surface area contributed by atoms with Gasteiger partial charge < -0.3 is 5.32 Å². The lowest BCUT2D eigenvalue weighted by molar-refractivity contribution is -0.387. The van der Waals surface area contributed by atoms with Gasteiger partial charge in [0.1, 0.15) is 5.82 Å². The van der Waals surface area contributed by atoms with Crippen LogP contribution in [-0.2, 0) is 0 Å². The zero-order valence-corrected chi connectivity index (χ0v) is 11.4. The number of nitrogens with one attached hydrogen (secondary N) is 1. The van der Waals surface area contributed by atoms with E-state index in [1.165, 1.54) is 0 Å². The molecular weight excluding hydrogens is 270 g/mol. The van der Waals surface area contributed by atoms with Crippen LogP contribution in [0, 0.1) is 27.7 Å². The molecule has 0 spiro atoms. The van der Waals surface area contributed by atoms with Gasteiger partial charge in [-0.05, 0) is 18.9 Å². The summed E-state index contributed by atoms with van der Waals surface area (Å²) in [7, 11) is 0. The Balaban J connectivity index is 3.00. The van der Waals surface area contributed by atoms with Crippen LogP contribution in [0.15, 0.2) is 12.1 Å². The van der Waals surface area contributed by atoms with Gasteiger partial charge in [-0.2, -0.15) is 4.39 Å². The van der Waals surface area contributed by atoms with Crippen molar-refractivity contribution in [1.82, 2.24) is 5.32 Å². The van der Waals surface area contributed by atoms with Crippen molar-refractivity contribution in [2.75, 3.05) is 0 Å². The average Bonchev–Trinajstić information content (AvgIpc) is 2.39. The molecule has 5 nitrogen and oxygen atoms in total. The Morgan fingerprint density at radius 2 is 1.95 bits per heavy atom. The topological polar surface area (TPSA) is 72.2 Å². The molecule has 0 radical (unpaired) electrons. The van der Waals surface area contributed by atoms with Crippen LogP contribution in [0.5, 0.6) is 0 Å². The van der Waals surface area contributed by atoms with E-state index in [1.807, 2.05) is 13.8 Å². The number of rotatable bonds is 5. The minimum atomic E-state index is -1.24. The van der Waals surface area contributed by atoms with Crippen LogP contribution < -0.4 is 5.32 Å². The van der Waals surface area contributed by atoms with Crippen molar-refractivity contribution >= 4 is 11.6 Å². The lowest BCUT2D eigenvalue weighted by atomic mass is 10.0. The van der Waals surface area contributed by atoms with Gasteiger partial charge in [0.05, 0.1) is 16.6 Å². The van der Waals surface area contributed by atoms with Gasteiger partial charge in [0, 0.05) is 6.04 Å². The largest absolute Gasteiger partial charge is 0.349 e. The summed E-state index contributed by atoms with van der Waals surface area (Å²) in [6.45, 7) is 5.61. The molecule has 1 amide bonds. The van der Waals surface area contributed by atoms with E-state index in [0.29, 0.717) is 12.1 Å². The first-order chi connectivity index (χ1) is 9.27. The SMILES string of the molecule is CCC(C)C(C)NC(=O)c1cc(F)c([N+](=O)[O-])cc1F. The van der Waals surface area contributed by atoms with E-state index in [2.05, 4.69) is 5.32 Å². The average molecular weight is 286 g/mol. The number of hydrogen-bond acceptors (Lipinski definition) is 3. The summed E-state index contributed by atoms with van der Waals surface area (Å²) in [6.07, 6.45) is 0.818. The molecule has 0 aliphatic heterocycles. The molecule has 1 rings (SSSR count). The van der Waals surface area contributed by atoms with Crippen molar-refractivity contribution in [3.8, 4) is 0 Å². The maximum atomic E-state index is 13.6. The highest BCUT2D eigenvalue weighted by atomic mass is 19.1. The predicted octanol–water partition coefficient (Wildman–Crippen LogP) is 3.04. The van der Waals surface area contributed by atoms with E-state index >= 15 is 0 Å². The van der Waals surface area contributed by atoms with Crippen LogP contribution in [0.25, 0.3) is 0 Å². The molecule has 0 saturated heterocycles. The van der Waals surface area contributed by atoms with Crippen molar-refractivity contribution in [3.63, 3.8) is 0 Å². The maximum Gasteiger partial charge on any atom is 0.307 e. The summed E-state index contributed by atoms with van der Waals surface area (Å²) < 4.78 is 27.1. The summed E-state index contributed by atoms with van der Waals surface area (Å²) in [5, 5.41) is 13.0. The van der Waals surface area contributed by atoms with Gasteiger partial charge in [0.25, 0.3) is 5.91 Å². The summed E-state index contributed by atoms with van der Waals surface area (Å²) in [4.78, 5) is 21.3. The van der Waals surface area contributed by atoms with Crippen molar-refractivity contribution in [1.29, 1.82) is 0 Å². The molecule has 0 heterocycles. The fraction of sp³-hybridized carbons (Fsp3) is 0.462. The Kier molecular flexibility index (Phi) is 5.12. The molecule has 20 heavy (non-hydrogen) atoms. The van der Waals surface area contributed by atoms with E-state index in [4.69, 9.17) is 0 Å². The third-order valence-corrected chi connectivity index (χ3v) is 3.33. The first kappa shape index (κ1) is 16.0. The van der Waals surface area contributed by atoms with Gasteiger partial charge in [0.2, 0.25) is 5.82 Å². The third-order valence-electron chi connectivity index (χ3n) is 3.33. The molecule has 1 aromatic rings. The number of amides is 1. The molecule has 2 unspecified atom stereocenters. The molecule has 1 aromatic carbocycles. The molecule has 0 saturated carbocycles. The van der Waals surface area contributed by atoms with E-state index < -0.39 is 33.7 Å². The van der Waals surface area contributed by atoms with Gasteiger partial charge in [-0.3, -0.25) is 14.9 Å². The van der Waals surface area contributed by atoms with Crippen LogP contribution in [0.3, 0.4) is 0 Å². The van der Waals surface area contributed by atoms with Crippen LogP contribution in [0.2, 0.25) is 0 Å². The van der Waals surface area contributed by atoms with Crippen molar-refractivity contribution in [2.45, 2.75) is 33.2 Å². The second kappa shape index (κ2) is 6.40. The number of carbonyl (C=O) groups is 1. The van der Waals surface area contributed by atoms with E-state index in [0.717, 1.165) is 6.42 Å². The lowest BCUT2D eigenvalue weighted by Gasteiger charge is -2.20. The molecule has 0 bridgehead atoms. The number of benzene rings is 1. The maximum absolute atomic E-state index is 13.6. The lowest BCUT2D eigenvalue weighted by Crippen LogP contribution is -2.37. The van der Waals surface area contributed by atoms with Gasteiger partial charge in [0.15, 0.2) is 0 Å². The minimum Gasteiger partial charge on any atom is -0.349 e.